The third kappa shape index (κ3) is 1.52. The molecule has 1 aliphatic rings. The quantitative estimate of drug-likeness (QED) is 0.647. The van der Waals surface area contributed by atoms with E-state index < -0.39 is 0 Å². The summed E-state index contributed by atoms with van der Waals surface area (Å²) in [5.41, 5.74) is 0. The van der Waals surface area contributed by atoms with E-state index in [-0.39, 0.29) is 5.79 Å². The van der Waals surface area contributed by atoms with Gasteiger partial charge in [0.05, 0.1) is 11.4 Å². The van der Waals surface area contributed by atoms with Crippen molar-refractivity contribution in [1.29, 1.82) is 0 Å². The van der Waals surface area contributed by atoms with Crippen LogP contribution >= 0.6 is 15.9 Å². The zero-order valence-corrected chi connectivity index (χ0v) is 7.98. The highest BCUT2D eigenvalue weighted by Gasteiger charge is 2.39. The molecule has 0 amide bonds. The van der Waals surface area contributed by atoms with Crippen molar-refractivity contribution in [1.82, 2.24) is 0 Å². The normalized spacial score (nSPS) is 40.5. The third-order valence-electron chi connectivity index (χ3n) is 1.76. The lowest BCUT2D eigenvalue weighted by atomic mass is 10.2. The molecule has 0 bridgehead atoms. The zero-order valence-electron chi connectivity index (χ0n) is 6.39. The summed E-state index contributed by atoms with van der Waals surface area (Å²) in [6.07, 6.45) is 1.04. The summed E-state index contributed by atoms with van der Waals surface area (Å²) in [6, 6.07) is 0. The van der Waals surface area contributed by atoms with Crippen molar-refractivity contribution in [2.75, 3.05) is 13.2 Å². The molecule has 0 unspecified atom stereocenters. The van der Waals surface area contributed by atoms with E-state index in [1.54, 1.807) is 0 Å². The number of rotatable bonds is 2. The maximum atomic E-state index is 5.43. The molecule has 0 aromatic carbocycles. The first kappa shape index (κ1) is 8.50. The Kier molecular flexibility index (Phi) is 2.72. The van der Waals surface area contributed by atoms with Gasteiger partial charge in [-0.1, -0.05) is 15.9 Å². The van der Waals surface area contributed by atoms with Crippen LogP contribution in [0, 0.1) is 0 Å². The second-order valence-electron chi connectivity index (χ2n) is 2.55. The highest BCUT2D eigenvalue weighted by molar-refractivity contribution is 9.09. The maximum Gasteiger partial charge on any atom is 0.177 e. The van der Waals surface area contributed by atoms with Gasteiger partial charge < -0.3 is 9.47 Å². The Morgan fingerprint density at radius 3 is 2.90 bits per heavy atom. The smallest absolute Gasteiger partial charge is 0.177 e. The van der Waals surface area contributed by atoms with Gasteiger partial charge in [-0.2, -0.15) is 0 Å². The molecule has 60 valence electrons. The minimum absolute atomic E-state index is 0.347. The Hall–Kier alpha value is 0.400. The standard InChI is InChI=1S/C7H13BrO2/c1-3-9-7(2)6(8)4-5-10-7/h6H,3-5H2,1-2H3/t6-,7-/m1/s1. The van der Waals surface area contributed by atoms with E-state index in [4.69, 9.17) is 9.47 Å². The van der Waals surface area contributed by atoms with Gasteiger partial charge in [-0.05, 0) is 20.3 Å². The summed E-state index contributed by atoms with van der Waals surface area (Å²) >= 11 is 3.51. The van der Waals surface area contributed by atoms with Crippen LogP contribution in [0.4, 0.5) is 0 Å². The lowest BCUT2D eigenvalue weighted by Gasteiger charge is -2.26. The SMILES string of the molecule is CCO[C@]1(C)OCC[C@H]1Br. The second-order valence-corrected chi connectivity index (χ2v) is 3.66. The number of alkyl halides is 1. The topological polar surface area (TPSA) is 18.5 Å². The Bertz CT molecular complexity index is 118. The van der Waals surface area contributed by atoms with E-state index in [1.807, 2.05) is 13.8 Å². The van der Waals surface area contributed by atoms with Gasteiger partial charge >= 0.3 is 0 Å². The average molecular weight is 209 g/mol. The molecule has 2 nitrogen and oxygen atoms in total. The fraction of sp³-hybridized carbons (Fsp3) is 1.00. The van der Waals surface area contributed by atoms with Gasteiger partial charge in [0.25, 0.3) is 0 Å². The van der Waals surface area contributed by atoms with E-state index in [9.17, 15) is 0 Å². The number of hydrogen-bond acceptors (Lipinski definition) is 2. The summed E-state index contributed by atoms with van der Waals surface area (Å²) in [5, 5.41) is 0. The van der Waals surface area contributed by atoms with Gasteiger partial charge in [-0.3, -0.25) is 0 Å². The van der Waals surface area contributed by atoms with Crippen LogP contribution in [0.2, 0.25) is 0 Å². The molecule has 0 spiro atoms. The fourth-order valence-corrected chi connectivity index (χ4v) is 1.59. The van der Waals surface area contributed by atoms with Crippen molar-refractivity contribution < 1.29 is 9.47 Å². The van der Waals surface area contributed by atoms with Crippen LogP contribution in [-0.2, 0) is 9.47 Å². The summed E-state index contributed by atoms with van der Waals surface area (Å²) in [4.78, 5) is 0.347. The molecule has 2 atom stereocenters. The van der Waals surface area contributed by atoms with Crippen LogP contribution in [0.25, 0.3) is 0 Å². The molecule has 1 heterocycles. The van der Waals surface area contributed by atoms with Crippen molar-refractivity contribution in [3.63, 3.8) is 0 Å². The van der Waals surface area contributed by atoms with Crippen molar-refractivity contribution >= 4 is 15.9 Å². The van der Waals surface area contributed by atoms with Crippen molar-refractivity contribution in [3.05, 3.63) is 0 Å². The van der Waals surface area contributed by atoms with E-state index in [0.717, 1.165) is 13.0 Å². The summed E-state index contributed by atoms with van der Waals surface area (Å²) in [6.45, 7) is 5.46. The van der Waals surface area contributed by atoms with Crippen LogP contribution in [0.5, 0.6) is 0 Å². The third-order valence-corrected chi connectivity index (χ3v) is 3.05. The first-order valence-electron chi connectivity index (χ1n) is 3.61. The Balaban J connectivity index is 2.48. The van der Waals surface area contributed by atoms with Gasteiger partial charge in [0.1, 0.15) is 0 Å². The predicted molar refractivity (Wildman–Crippen MR) is 43.3 cm³/mol. The van der Waals surface area contributed by atoms with Crippen molar-refractivity contribution in [2.45, 2.75) is 30.9 Å². The van der Waals surface area contributed by atoms with Crippen LogP contribution < -0.4 is 0 Å². The molecule has 0 saturated carbocycles. The molecular weight excluding hydrogens is 196 g/mol. The Labute approximate surface area is 70.0 Å². The number of halogens is 1. The fourth-order valence-electron chi connectivity index (χ4n) is 1.14. The lowest BCUT2D eigenvalue weighted by Crippen LogP contribution is -2.35. The summed E-state index contributed by atoms with van der Waals surface area (Å²) in [5.74, 6) is -0.380. The molecule has 1 fully saturated rings. The van der Waals surface area contributed by atoms with Gasteiger partial charge in [-0.25, -0.2) is 0 Å². The minimum atomic E-state index is -0.380. The van der Waals surface area contributed by atoms with E-state index >= 15 is 0 Å². The largest absolute Gasteiger partial charge is 0.349 e. The highest BCUT2D eigenvalue weighted by atomic mass is 79.9. The van der Waals surface area contributed by atoms with E-state index in [1.165, 1.54) is 0 Å². The predicted octanol–water partition coefficient (Wildman–Crippen LogP) is 1.92. The molecule has 0 N–H and O–H groups in total. The maximum absolute atomic E-state index is 5.43. The van der Waals surface area contributed by atoms with E-state index in [0.29, 0.717) is 11.4 Å². The van der Waals surface area contributed by atoms with E-state index in [2.05, 4.69) is 15.9 Å². The summed E-state index contributed by atoms with van der Waals surface area (Å²) < 4.78 is 10.9. The molecule has 10 heavy (non-hydrogen) atoms. The van der Waals surface area contributed by atoms with Gasteiger partial charge in [0.2, 0.25) is 0 Å². The number of hydrogen-bond donors (Lipinski definition) is 0. The van der Waals surface area contributed by atoms with Crippen LogP contribution in [0.3, 0.4) is 0 Å². The highest BCUT2D eigenvalue weighted by Crippen LogP contribution is 2.32. The molecule has 1 rings (SSSR count). The summed E-state index contributed by atoms with van der Waals surface area (Å²) in [7, 11) is 0. The zero-order chi connectivity index (χ0) is 7.61. The Morgan fingerprint density at radius 1 is 1.80 bits per heavy atom. The molecular formula is C7H13BrO2. The second kappa shape index (κ2) is 3.20. The van der Waals surface area contributed by atoms with Gasteiger partial charge in [0.15, 0.2) is 5.79 Å². The lowest BCUT2D eigenvalue weighted by molar-refractivity contribution is -0.190. The monoisotopic (exact) mass is 208 g/mol. The first-order chi connectivity index (χ1) is 4.69. The van der Waals surface area contributed by atoms with Crippen LogP contribution in [0.15, 0.2) is 0 Å². The van der Waals surface area contributed by atoms with Gasteiger partial charge in [0, 0.05) is 6.61 Å². The molecule has 3 heteroatoms. The molecule has 0 aliphatic carbocycles. The van der Waals surface area contributed by atoms with Crippen LogP contribution in [-0.4, -0.2) is 23.8 Å². The molecule has 1 saturated heterocycles. The van der Waals surface area contributed by atoms with Crippen molar-refractivity contribution in [2.24, 2.45) is 0 Å². The number of ether oxygens (including phenoxy) is 2. The first-order valence-corrected chi connectivity index (χ1v) is 4.52. The molecule has 0 aromatic rings. The van der Waals surface area contributed by atoms with Crippen molar-refractivity contribution in [3.8, 4) is 0 Å². The average Bonchev–Trinajstić information content (AvgIpc) is 2.15. The minimum Gasteiger partial charge on any atom is -0.349 e. The molecule has 0 aromatic heterocycles. The van der Waals surface area contributed by atoms with Crippen LogP contribution in [0.1, 0.15) is 20.3 Å². The molecule has 1 aliphatic heterocycles. The van der Waals surface area contributed by atoms with Gasteiger partial charge in [-0.15, -0.1) is 0 Å². The molecule has 0 radical (unpaired) electrons. The Morgan fingerprint density at radius 2 is 2.50 bits per heavy atom.